The van der Waals surface area contributed by atoms with Gasteiger partial charge in [-0.3, -0.25) is 0 Å². The Balaban J connectivity index is 2.24. The van der Waals surface area contributed by atoms with Crippen LogP contribution in [-0.4, -0.2) is 13.2 Å². The number of hydrogen-bond donors (Lipinski definition) is 1. The van der Waals surface area contributed by atoms with Crippen LogP contribution in [0.1, 0.15) is 24.4 Å². The molecule has 1 aromatic rings. The Kier molecular flexibility index (Phi) is 3.69. The Morgan fingerprint density at radius 3 is 2.41 bits per heavy atom. The van der Waals surface area contributed by atoms with Crippen LogP contribution in [0.2, 0.25) is 0 Å². The molecule has 0 radical (unpaired) electrons. The molecule has 0 aromatic heterocycles. The summed E-state index contributed by atoms with van der Waals surface area (Å²) in [7, 11) is 0. The molecule has 1 aliphatic heterocycles. The zero-order valence-corrected chi connectivity index (χ0v) is 9.26. The normalized spacial score (nSPS) is 19.3. The van der Waals surface area contributed by atoms with E-state index in [-0.39, 0.29) is 11.5 Å². The number of benzene rings is 1. The summed E-state index contributed by atoms with van der Waals surface area (Å²) in [5, 5.41) is 0. The zero-order chi connectivity index (χ0) is 12.4. The molecule has 5 heteroatoms. The molecule has 1 fully saturated rings. The largest absolute Gasteiger partial charge is 0.381 e. The van der Waals surface area contributed by atoms with E-state index in [1.165, 1.54) is 6.07 Å². The Bertz CT molecular complexity index is 405. The molecule has 0 saturated carbocycles. The van der Waals surface area contributed by atoms with E-state index in [1.54, 1.807) is 0 Å². The number of hydrogen-bond acceptors (Lipinski definition) is 2. The molecule has 0 bridgehead atoms. The van der Waals surface area contributed by atoms with Gasteiger partial charge in [0.05, 0.1) is 0 Å². The first-order valence-electron chi connectivity index (χ1n) is 5.58. The molecule has 0 spiro atoms. The molecule has 17 heavy (non-hydrogen) atoms. The van der Waals surface area contributed by atoms with Gasteiger partial charge in [-0.15, -0.1) is 0 Å². The Morgan fingerprint density at radius 1 is 1.12 bits per heavy atom. The van der Waals surface area contributed by atoms with Gasteiger partial charge in [0.1, 0.15) is 0 Å². The molecule has 2 rings (SSSR count). The van der Waals surface area contributed by atoms with Gasteiger partial charge in [-0.25, -0.2) is 13.2 Å². The molecule has 1 aromatic carbocycles. The average molecular weight is 245 g/mol. The van der Waals surface area contributed by atoms with Crippen LogP contribution in [0.4, 0.5) is 13.2 Å². The number of halogens is 3. The van der Waals surface area contributed by atoms with Crippen molar-refractivity contribution in [2.45, 2.75) is 18.9 Å². The first-order chi connectivity index (χ1) is 8.11. The molecule has 0 unspecified atom stereocenters. The molecule has 1 aliphatic rings. The predicted molar refractivity (Wildman–Crippen MR) is 56.8 cm³/mol. The summed E-state index contributed by atoms with van der Waals surface area (Å²) in [5.41, 5.74) is 5.94. The maximum Gasteiger partial charge on any atom is 0.194 e. The van der Waals surface area contributed by atoms with Crippen molar-refractivity contribution in [3.63, 3.8) is 0 Å². The van der Waals surface area contributed by atoms with Crippen molar-refractivity contribution in [2.24, 2.45) is 11.7 Å². The van der Waals surface area contributed by atoms with E-state index < -0.39 is 23.5 Å². The van der Waals surface area contributed by atoms with Crippen LogP contribution in [-0.2, 0) is 4.74 Å². The monoisotopic (exact) mass is 245 g/mol. The van der Waals surface area contributed by atoms with Gasteiger partial charge in [-0.05, 0) is 24.8 Å². The second-order valence-electron chi connectivity index (χ2n) is 4.24. The topological polar surface area (TPSA) is 35.2 Å². The van der Waals surface area contributed by atoms with Crippen LogP contribution in [0.15, 0.2) is 12.1 Å². The molecule has 1 atom stereocenters. The Hall–Kier alpha value is -1.07. The Labute approximate surface area is 97.6 Å². The highest BCUT2D eigenvalue weighted by Gasteiger charge is 2.26. The molecule has 2 nitrogen and oxygen atoms in total. The minimum absolute atomic E-state index is 0.0378. The second kappa shape index (κ2) is 5.06. The van der Waals surface area contributed by atoms with Gasteiger partial charge in [0.15, 0.2) is 17.5 Å². The summed E-state index contributed by atoms with van der Waals surface area (Å²) in [5.74, 6) is -3.78. The van der Waals surface area contributed by atoms with E-state index in [0.717, 1.165) is 6.07 Å². The average Bonchev–Trinajstić information content (AvgIpc) is 2.36. The maximum absolute atomic E-state index is 13.5. The molecule has 2 N–H and O–H groups in total. The Morgan fingerprint density at radius 2 is 1.76 bits per heavy atom. The third-order valence-corrected chi connectivity index (χ3v) is 3.20. The summed E-state index contributed by atoms with van der Waals surface area (Å²) >= 11 is 0. The van der Waals surface area contributed by atoms with Crippen LogP contribution in [0, 0.1) is 23.4 Å². The van der Waals surface area contributed by atoms with Crippen LogP contribution < -0.4 is 5.73 Å². The van der Waals surface area contributed by atoms with Crippen molar-refractivity contribution in [2.75, 3.05) is 13.2 Å². The van der Waals surface area contributed by atoms with Crippen molar-refractivity contribution in [1.82, 2.24) is 0 Å². The van der Waals surface area contributed by atoms with E-state index in [9.17, 15) is 13.2 Å². The maximum atomic E-state index is 13.5. The molecule has 0 aliphatic carbocycles. The van der Waals surface area contributed by atoms with Crippen molar-refractivity contribution in [1.29, 1.82) is 0 Å². The van der Waals surface area contributed by atoms with Crippen molar-refractivity contribution >= 4 is 0 Å². The second-order valence-corrected chi connectivity index (χ2v) is 4.24. The highest BCUT2D eigenvalue weighted by Crippen LogP contribution is 2.30. The van der Waals surface area contributed by atoms with E-state index in [4.69, 9.17) is 10.5 Å². The third-order valence-electron chi connectivity index (χ3n) is 3.20. The number of rotatable bonds is 2. The minimum Gasteiger partial charge on any atom is -0.381 e. The third kappa shape index (κ3) is 2.45. The van der Waals surface area contributed by atoms with Gasteiger partial charge in [0, 0.05) is 24.8 Å². The van der Waals surface area contributed by atoms with Crippen LogP contribution in [0.3, 0.4) is 0 Å². The fourth-order valence-corrected chi connectivity index (χ4v) is 2.13. The number of ether oxygens (including phenoxy) is 1. The van der Waals surface area contributed by atoms with Crippen LogP contribution in [0.25, 0.3) is 0 Å². The fraction of sp³-hybridized carbons (Fsp3) is 0.500. The highest BCUT2D eigenvalue weighted by atomic mass is 19.2. The fourth-order valence-electron chi connectivity index (χ4n) is 2.13. The van der Waals surface area contributed by atoms with Gasteiger partial charge < -0.3 is 10.5 Å². The molecule has 94 valence electrons. The summed E-state index contributed by atoms with van der Waals surface area (Å²) in [6, 6.07) is 1.51. The first-order valence-corrected chi connectivity index (χ1v) is 5.58. The van der Waals surface area contributed by atoms with Gasteiger partial charge in [-0.1, -0.05) is 6.07 Å². The summed E-state index contributed by atoms with van der Waals surface area (Å²) < 4.78 is 44.6. The lowest BCUT2D eigenvalue weighted by atomic mass is 9.87. The predicted octanol–water partition coefficient (Wildman–Crippen LogP) is 2.53. The summed E-state index contributed by atoms with van der Waals surface area (Å²) in [6.07, 6.45) is 1.42. The lowest BCUT2D eigenvalue weighted by Crippen LogP contribution is -2.28. The standard InChI is InChI=1S/C12H14F3NO/c13-9-2-1-8(10(14)11(9)15)12(16)7-3-5-17-6-4-7/h1-2,7,12H,3-6,16H2/t12-/m0/s1. The van der Waals surface area contributed by atoms with Crippen molar-refractivity contribution < 1.29 is 17.9 Å². The molecular formula is C12H14F3NO. The van der Waals surface area contributed by atoms with E-state index >= 15 is 0 Å². The van der Waals surface area contributed by atoms with E-state index in [0.29, 0.717) is 26.1 Å². The van der Waals surface area contributed by atoms with E-state index in [1.807, 2.05) is 0 Å². The molecule has 1 heterocycles. The van der Waals surface area contributed by atoms with Gasteiger partial charge in [-0.2, -0.15) is 0 Å². The van der Waals surface area contributed by atoms with Crippen LogP contribution >= 0.6 is 0 Å². The van der Waals surface area contributed by atoms with E-state index in [2.05, 4.69) is 0 Å². The van der Waals surface area contributed by atoms with Gasteiger partial charge in [0.25, 0.3) is 0 Å². The quantitative estimate of drug-likeness (QED) is 0.812. The highest BCUT2D eigenvalue weighted by molar-refractivity contribution is 5.24. The van der Waals surface area contributed by atoms with Gasteiger partial charge >= 0.3 is 0 Å². The molecule has 0 amide bonds. The van der Waals surface area contributed by atoms with Crippen molar-refractivity contribution in [3.8, 4) is 0 Å². The lowest BCUT2D eigenvalue weighted by Gasteiger charge is -2.28. The summed E-state index contributed by atoms with van der Waals surface area (Å²) in [4.78, 5) is 0. The summed E-state index contributed by atoms with van der Waals surface area (Å²) in [6.45, 7) is 1.15. The van der Waals surface area contributed by atoms with Gasteiger partial charge in [0.2, 0.25) is 0 Å². The van der Waals surface area contributed by atoms with Crippen molar-refractivity contribution in [3.05, 3.63) is 35.1 Å². The molecular weight excluding hydrogens is 231 g/mol. The first kappa shape index (κ1) is 12.4. The number of nitrogens with two attached hydrogens (primary N) is 1. The zero-order valence-electron chi connectivity index (χ0n) is 9.26. The SMILES string of the molecule is N[C@H](c1ccc(F)c(F)c1F)C1CCOCC1. The lowest BCUT2D eigenvalue weighted by molar-refractivity contribution is 0.0579. The van der Waals surface area contributed by atoms with Crippen LogP contribution in [0.5, 0.6) is 0 Å². The smallest absolute Gasteiger partial charge is 0.194 e. The minimum atomic E-state index is -1.45. The molecule has 1 saturated heterocycles.